The maximum atomic E-state index is 12.2. The normalized spacial score (nSPS) is 11.3. The number of nitrogens with one attached hydrogen (secondary N) is 1. The number of nitrogens with zero attached hydrogens (tertiary/aromatic N) is 2. The van der Waals surface area contributed by atoms with Crippen LogP contribution in [0.2, 0.25) is 5.02 Å². The number of anilines is 2. The van der Waals surface area contributed by atoms with Crippen molar-refractivity contribution in [3.8, 4) is 22.4 Å². The number of hydrogen-bond donors (Lipinski definition) is 2. The number of aryl methyl sites for hydroxylation is 1. The molecule has 0 spiro atoms. The summed E-state index contributed by atoms with van der Waals surface area (Å²) in [6.07, 6.45) is 2.54. The predicted molar refractivity (Wildman–Crippen MR) is 153 cm³/mol. The average molecular weight is 528 g/mol. The zero-order valence-electron chi connectivity index (χ0n) is 20.7. The van der Waals surface area contributed by atoms with Crippen molar-refractivity contribution in [2.45, 2.75) is 27.2 Å². The number of benzene rings is 3. The topological polar surface area (TPSA) is 75.1 Å². The fourth-order valence-electron chi connectivity index (χ4n) is 4.24. The van der Waals surface area contributed by atoms with Gasteiger partial charge in [-0.05, 0) is 59.4 Å². The highest BCUT2D eigenvalue weighted by atomic mass is 35.5. The first-order valence-electron chi connectivity index (χ1n) is 12.0. The Kier molecular flexibility index (Phi) is 6.96. The number of hydrogen-bond acceptors (Lipinski definition) is 5. The third-order valence-electron chi connectivity index (χ3n) is 6.16. The molecule has 0 bridgehead atoms. The number of carbonyl (C=O) groups is 1. The number of carboxylic acids is 1. The summed E-state index contributed by atoms with van der Waals surface area (Å²) in [5, 5.41) is 16.7. The van der Waals surface area contributed by atoms with Crippen LogP contribution in [0.4, 0.5) is 10.9 Å². The molecule has 2 N–H and O–H groups in total. The number of rotatable bonds is 7. The zero-order valence-corrected chi connectivity index (χ0v) is 22.3. The van der Waals surface area contributed by atoms with Crippen LogP contribution in [0.25, 0.3) is 33.2 Å². The van der Waals surface area contributed by atoms with E-state index in [9.17, 15) is 9.90 Å². The van der Waals surface area contributed by atoms with Gasteiger partial charge in [0.25, 0.3) is 0 Å². The second kappa shape index (κ2) is 10.3. The largest absolute Gasteiger partial charge is 0.478 e. The fraction of sp³-hybridized carbons (Fsp3) is 0.167. The van der Waals surface area contributed by atoms with Crippen LogP contribution in [0, 0.1) is 12.8 Å². The number of thiazole rings is 1. The Morgan fingerprint density at radius 1 is 1.00 bits per heavy atom. The molecule has 0 fully saturated rings. The van der Waals surface area contributed by atoms with Gasteiger partial charge in [-0.2, -0.15) is 0 Å². The predicted octanol–water partition coefficient (Wildman–Crippen LogP) is 8.63. The number of fused-ring (bicyclic) bond motifs is 1. The minimum absolute atomic E-state index is 0.0891. The lowest BCUT2D eigenvalue weighted by Gasteiger charge is -2.09. The minimum Gasteiger partial charge on any atom is -0.478 e. The molecule has 3 aromatic carbocycles. The minimum atomic E-state index is -1.05. The van der Waals surface area contributed by atoms with E-state index in [1.165, 1.54) is 11.3 Å². The number of aromatic nitrogens is 2. The Morgan fingerprint density at radius 2 is 1.76 bits per heavy atom. The summed E-state index contributed by atoms with van der Waals surface area (Å²) < 4.78 is 0. The van der Waals surface area contributed by atoms with Crippen LogP contribution in [0.5, 0.6) is 0 Å². The molecule has 0 unspecified atom stereocenters. The molecule has 5 rings (SSSR count). The van der Waals surface area contributed by atoms with E-state index in [1.807, 2.05) is 67.6 Å². The summed E-state index contributed by atoms with van der Waals surface area (Å²) in [5.41, 5.74) is 4.54. The monoisotopic (exact) mass is 527 g/mol. The van der Waals surface area contributed by atoms with E-state index in [0.29, 0.717) is 16.1 Å². The SMILES string of the molecule is Cc1ccc(-c2nc(Nc3ncc(-c4ccc5ccccc5c4)cc3C(=O)O)sc2CC(C)C)cc1Cl. The van der Waals surface area contributed by atoms with Crippen molar-refractivity contribution < 1.29 is 9.90 Å². The Hall–Kier alpha value is -3.74. The van der Waals surface area contributed by atoms with Crippen LogP contribution in [0.1, 0.15) is 34.6 Å². The molecule has 7 heteroatoms. The first-order chi connectivity index (χ1) is 17.8. The summed E-state index contributed by atoms with van der Waals surface area (Å²) in [7, 11) is 0. The van der Waals surface area contributed by atoms with Crippen molar-refractivity contribution in [3.05, 3.63) is 94.0 Å². The van der Waals surface area contributed by atoms with Gasteiger partial charge in [-0.25, -0.2) is 14.8 Å². The lowest BCUT2D eigenvalue weighted by molar-refractivity contribution is 0.0697. The summed E-state index contributed by atoms with van der Waals surface area (Å²) in [4.78, 5) is 22.7. The summed E-state index contributed by atoms with van der Waals surface area (Å²) in [5.74, 6) is -0.362. The molecule has 2 aromatic heterocycles. The standard InChI is InChI=1S/C30H26ClN3O2S/c1-17(2)12-26-27(22-9-8-18(3)25(31)15-22)33-30(37-26)34-28-24(29(35)36)14-23(16-32-28)21-11-10-19-6-4-5-7-20(19)13-21/h4-11,13-17H,12H2,1-3H3,(H,35,36)(H,32,33,34). The highest BCUT2D eigenvalue weighted by Gasteiger charge is 2.19. The zero-order chi connectivity index (χ0) is 26.1. The molecule has 0 saturated carbocycles. The number of aromatic carboxylic acids is 1. The molecule has 0 saturated heterocycles. The summed E-state index contributed by atoms with van der Waals surface area (Å²) in [6.45, 7) is 6.29. The number of carboxylic acid groups (broad SMARTS) is 1. The maximum Gasteiger partial charge on any atom is 0.339 e. The third-order valence-corrected chi connectivity index (χ3v) is 7.56. The van der Waals surface area contributed by atoms with E-state index in [0.717, 1.165) is 50.0 Å². The molecule has 186 valence electrons. The van der Waals surface area contributed by atoms with Crippen molar-refractivity contribution in [2.24, 2.45) is 5.92 Å². The van der Waals surface area contributed by atoms with Gasteiger partial charge in [0.1, 0.15) is 11.4 Å². The maximum absolute atomic E-state index is 12.2. The molecule has 0 radical (unpaired) electrons. The molecule has 0 aliphatic heterocycles. The molecule has 5 nitrogen and oxygen atoms in total. The van der Waals surface area contributed by atoms with Crippen molar-refractivity contribution in [1.29, 1.82) is 0 Å². The van der Waals surface area contributed by atoms with E-state index in [2.05, 4.69) is 24.1 Å². The van der Waals surface area contributed by atoms with Gasteiger partial charge < -0.3 is 10.4 Å². The first kappa shape index (κ1) is 24.9. The second-order valence-electron chi connectivity index (χ2n) is 9.46. The van der Waals surface area contributed by atoms with Crippen LogP contribution in [0.3, 0.4) is 0 Å². The second-order valence-corrected chi connectivity index (χ2v) is 11.0. The van der Waals surface area contributed by atoms with E-state index in [-0.39, 0.29) is 11.4 Å². The summed E-state index contributed by atoms with van der Waals surface area (Å²) in [6, 6.07) is 21.7. The van der Waals surface area contributed by atoms with E-state index >= 15 is 0 Å². The van der Waals surface area contributed by atoms with Crippen LogP contribution >= 0.6 is 22.9 Å². The molecule has 5 aromatic rings. The van der Waals surface area contributed by atoms with E-state index in [1.54, 1.807) is 12.3 Å². The Bertz CT molecular complexity index is 1630. The van der Waals surface area contributed by atoms with E-state index < -0.39 is 5.97 Å². The number of pyridine rings is 1. The van der Waals surface area contributed by atoms with Crippen molar-refractivity contribution in [1.82, 2.24) is 9.97 Å². The van der Waals surface area contributed by atoms with E-state index in [4.69, 9.17) is 16.6 Å². The van der Waals surface area contributed by atoms with Gasteiger partial charge in [0.15, 0.2) is 5.13 Å². The van der Waals surface area contributed by atoms with Gasteiger partial charge in [-0.1, -0.05) is 74.0 Å². The molecule has 0 atom stereocenters. The Balaban J connectivity index is 1.51. The highest BCUT2D eigenvalue weighted by Crippen LogP contribution is 2.36. The fourth-order valence-corrected chi connectivity index (χ4v) is 5.61. The highest BCUT2D eigenvalue weighted by molar-refractivity contribution is 7.16. The van der Waals surface area contributed by atoms with Gasteiger partial charge in [-0.3, -0.25) is 0 Å². The lowest BCUT2D eigenvalue weighted by atomic mass is 10.0. The van der Waals surface area contributed by atoms with Gasteiger partial charge in [0, 0.05) is 27.2 Å². The molecular formula is C30H26ClN3O2S. The van der Waals surface area contributed by atoms with Crippen molar-refractivity contribution in [2.75, 3.05) is 5.32 Å². The first-order valence-corrected chi connectivity index (χ1v) is 13.2. The summed E-state index contributed by atoms with van der Waals surface area (Å²) >= 11 is 7.91. The third kappa shape index (κ3) is 5.36. The smallest absolute Gasteiger partial charge is 0.339 e. The van der Waals surface area contributed by atoms with Crippen LogP contribution in [-0.4, -0.2) is 21.0 Å². The molecular weight excluding hydrogens is 502 g/mol. The van der Waals surface area contributed by atoms with Gasteiger partial charge in [0.05, 0.1) is 5.69 Å². The molecule has 37 heavy (non-hydrogen) atoms. The van der Waals surface area contributed by atoms with Crippen LogP contribution in [-0.2, 0) is 6.42 Å². The van der Waals surface area contributed by atoms with Crippen LogP contribution in [0.15, 0.2) is 72.9 Å². The Morgan fingerprint density at radius 3 is 2.49 bits per heavy atom. The average Bonchev–Trinajstić information content (AvgIpc) is 3.26. The van der Waals surface area contributed by atoms with Crippen molar-refractivity contribution >= 4 is 50.6 Å². The van der Waals surface area contributed by atoms with Gasteiger partial charge in [0.2, 0.25) is 0 Å². The molecule has 2 heterocycles. The van der Waals surface area contributed by atoms with Crippen molar-refractivity contribution in [3.63, 3.8) is 0 Å². The lowest BCUT2D eigenvalue weighted by Crippen LogP contribution is -2.05. The molecule has 0 aliphatic carbocycles. The molecule has 0 amide bonds. The Labute approximate surface area is 224 Å². The quantitative estimate of drug-likeness (QED) is 0.221. The van der Waals surface area contributed by atoms with Gasteiger partial charge in [-0.15, -0.1) is 11.3 Å². The number of halogens is 1. The van der Waals surface area contributed by atoms with Crippen LogP contribution < -0.4 is 5.32 Å². The van der Waals surface area contributed by atoms with Gasteiger partial charge >= 0.3 is 5.97 Å². The molecule has 0 aliphatic rings.